The molecule has 1 aromatic heterocycles. The summed E-state index contributed by atoms with van der Waals surface area (Å²) in [6.07, 6.45) is 4.17. The molecule has 1 atom stereocenters. The van der Waals surface area contributed by atoms with Gasteiger partial charge in [0.2, 0.25) is 5.91 Å². The average Bonchev–Trinajstić information content (AvgIpc) is 2.75. The Morgan fingerprint density at radius 3 is 2.74 bits per heavy atom. The van der Waals surface area contributed by atoms with Crippen molar-refractivity contribution >= 4 is 11.6 Å². The number of carbonyl (C=O) groups is 1. The van der Waals surface area contributed by atoms with E-state index in [2.05, 4.69) is 13.8 Å². The van der Waals surface area contributed by atoms with Crippen LogP contribution in [0.3, 0.4) is 0 Å². The fourth-order valence-corrected chi connectivity index (χ4v) is 3.03. The van der Waals surface area contributed by atoms with Gasteiger partial charge >= 0.3 is 0 Å². The molecule has 0 saturated carbocycles. The van der Waals surface area contributed by atoms with Gasteiger partial charge in [-0.15, -0.1) is 0 Å². The van der Waals surface area contributed by atoms with E-state index in [9.17, 15) is 19.7 Å². The second kappa shape index (κ2) is 7.39. The molecule has 1 aliphatic heterocycles. The minimum absolute atomic E-state index is 0.146. The first-order valence-corrected chi connectivity index (χ1v) is 8.01. The Morgan fingerprint density at radius 2 is 2.09 bits per heavy atom. The van der Waals surface area contributed by atoms with Crippen LogP contribution in [0.15, 0.2) is 23.1 Å². The number of hydrogen-bond donors (Lipinski definition) is 0. The number of carbonyl (C=O) groups excluding carboxylic acids is 1. The molecule has 1 aliphatic rings. The van der Waals surface area contributed by atoms with Crippen LogP contribution in [0.25, 0.3) is 0 Å². The Morgan fingerprint density at radius 1 is 1.35 bits per heavy atom. The summed E-state index contributed by atoms with van der Waals surface area (Å²) in [5.41, 5.74) is -0.591. The van der Waals surface area contributed by atoms with Gasteiger partial charge in [-0.25, -0.2) is 0 Å². The number of rotatable bonds is 4. The van der Waals surface area contributed by atoms with E-state index in [0.29, 0.717) is 24.9 Å². The maximum Gasteiger partial charge on any atom is 0.285 e. The van der Waals surface area contributed by atoms with E-state index >= 15 is 0 Å². The second-order valence-electron chi connectivity index (χ2n) is 6.43. The van der Waals surface area contributed by atoms with Gasteiger partial charge in [0.05, 0.1) is 11.1 Å². The molecular weight excluding hydrogens is 298 g/mol. The molecule has 2 heterocycles. The van der Waals surface area contributed by atoms with Crippen LogP contribution in [0.4, 0.5) is 5.69 Å². The number of pyridine rings is 1. The van der Waals surface area contributed by atoms with Crippen molar-refractivity contribution in [3.05, 3.63) is 38.8 Å². The van der Waals surface area contributed by atoms with Gasteiger partial charge in [-0.2, -0.15) is 0 Å². The quantitative estimate of drug-likeness (QED) is 0.627. The van der Waals surface area contributed by atoms with Crippen LogP contribution in [0.5, 0.6) is 0 Å². The van der Waals surface area contributed by atoms with Crippen LogP contribution < -0.4 is 5.56 Å². The van der Waals surface area contributed by atoms with Crippen molar-refractivity contribution in [1.29, 1.82) is 0 Å². The zero-order valence-electron chi connectivity index (χ0n) is 13.6. The highest BCUT2D eigenvalue weighted by molar-refractivity contribution is 5.76. The van der Waals surface area contributed by atoms with E-state index in [1.54, 1.807) is 4.90 Å². The summed E-state index contributed by atoms with van der Waals surface area (Å²) in [7, 11) is 0. The molecular formula is C16H23N3O4. The highest BCUT2D eigenvalue weighted by Gasteiger charge is 2.23. The zero-order chi connectivity index (χ0) is 17.0. The van der Waals surface area contributed by atoms with E-state index in [-0.39, 0.29) is 18.1 Å². The molecule has 1 unspecified atom stereocenters. The number of hydrogen-bond acceptors (Lipinski definition) is 4. The first-order valence-electron chi connectivity index (χ1n) is 8.01. The summed E-state index contributed by atoms with van der Waals surface area (Å²) in [5, 5.41) is 10.8. The molecule has 1 saturated heterocycles. The Balaban J connectivity index is 2.06. The molecule has 1 amide bonds. The lowest BCUT2D eigenvalue weighted by molar-refractivity contribution is -0.385. The monoisotopic (exact) mass is 321 g/mol. The van der Waals surface area contributed by atoms with Crippen molar-refractivity contribution in [1.82, 2.24) is 9.47 Å². The Hall–Kier alpha value is -2.18. The first-order chi connectivity index (χ1) is 10.9. The van der Waals surface area contributed by atoms with Crippen molar-refractivity contribution in [2.75, 3.05) is 13.1 Å². The number of likely N-dealkylation sites (tertiary alicyclic amines) is 1. The van der Waals surface area contributed by atoms with Gasteiger partial charge in [-0.05, 0) is 31.1 Å². The molecule has 7 heteroatoms. The number of amides is 1. The molecule has 126 valence electrons. The minimum atomic E-state index is -0.570. The van der Waals surface area contributed by atoms with Crippen molar-refractivity contribution in [3.63, 3.8) is 0 Å². The van der Waals surface area contributed by atoms with Gasteiger partial charge in [0.1, 0.15) is 6.54 Å². The first kappa shape index (κ1) is 17.2. The fraction of sp³-hybridized carbons (Fsp3) is 0.625. The van der Waals surface area contributed by atoms with Crippen molar-refractivity contribution in [2.45, 2.75) is 39.7 Å². The van der Waals surface area contributed by atoms with Crippen molar-refractivity contribution in [2.24, 2.45) is 11.8 Å². The molecule has 7 nitrogen and oxygen atoms in total. The molecule has 0 bridgehead atoms. The van der Waals surface area contributed by atoms with Crippen LogP contribution in [-0.4, -0.2) is 33.4 Å². The van der Waals surface area contributed by atoms with Crippen LogP contribution >= 0.6 is 0 Å². The summed E-state index contributed by atoms with van der Waals surface area (Å²) in [6, 6.07) is 2.28. The predicted molar refractivity (Wildman–Crippen MR) is 86.1 cm³/mol. The van der Waals surface area contributed by atoms with Crippen LogP contribution in [0.2, 0.25) is 0 Å². The smallest absolute Gasteiger partial charge is 0.285 e. The Bertz CT molecular complexity index is 638. The third kappa shape index (κ3) is 4.40. The van der Waals surface area contributed by atoms with Gasteiger partial charge in [0.15, 0.2) is 0 Å². The maximum absolute atomic E-state index is 12.4. The molecule has 2 rings (SSSR count). The lowest BCUT2D eigenvalue weighted by Crippen LogP contribution is -2.37. The van der Waals surface area contributed by atoms with Crippen LogP contribution in [0, 0.1) is 22.0 Å². The Kier molecular flexibility index (Phi) is 5.52. The largest absolute Gasteiger partial charge is 0.341 e. The van der Waals surface area contributed by atoms with E-state index in [4.69, 9.17) is 0 Å². The summed E-state index contributed by atoms with van der Waals surface area (Å²) >= 11 is 0. The van der Waals surface area contributed by atoms with Gasteiger partial charge in [0.25, 0.3) is 11.2 Å². The highest BCUT2D eigenvalue weighted by atomic mass is 16.6. The Labute approximate surface area is 135 Å². The molecule has 0 aliphatic carbocycles. The van der Waals surface area contributed by atoms with Crippen LogP contribution in [-0.2, 0) is 11.3 Å². The van der Waals surface area contributed by atoms with Crippen molar-refractivity contribution in [3.8, 4) is 0 Å². The highest BCUT2D eigenvalue weighted by Crippen LogP contribution is 2.24. The van der Waals surface area contributed by atoms with E-state index in [1.165, 1.54) is 0 Å². The van der Waals surface area contributed by atoms with Gasteiger partial charge < -0.3 is 4.90 Å². The maximum atomic E-state index is 12.4. The third-order valence-corrected chi connectivity index (χ3v) is 4.55. The standard InChI is InChI=1S/C16H23N3O4/c1-12(2)13-4-3-8-17(9-7-13)16(21)11-18-10-14(19(22)23)5-6-15(18)20/h5-6,10,12-13H,3-4,7-9,11H2,1-2H3. The van der Waals surface area contributed by atoms with E-state index in [1.807, 2.05) is 0 Å². The molecule has 1 aromatic rings. The summed E-state index contributed by atoms with van der Waals surface area (Å²) < 4.78 is 1.12. The van der Waals surface area contributed by atoms with Gasteiger partial charge in [-0.1, -0.05) is 13.8 Å². The number of aromatic nitrogens is 1. The lowest BCUT2D eigenvalue weighted by atomic mass is 9.89. The SMILES string of the molecule is CC(C)C1CCCN(C(=O)Cn2cc([N+](=O)[O-])ccc2=O)CC1. The molecule has 23 heavy (non-hydrogen) atoms. The minimum Gasteiger partial charge on any atom is -0.341 e. The molecule has 0 aromatic carbocycles. The van der Waals surface area contributed by atoms with Gasteiger partial charge in [0, 0.05) is 25.2 Å². The predicted octanol–water partition coefficient (Wildman–Crippen LogP) is 2.04. The lowest BCUT2D eigenvalue weighted by Gasteiger charge is -2.22. The fourth-order valence-electron chi connectivity index (χ4n) is 3.03. The van der Waals surface area contributed by atoms with E-state index in [0.717, 1.165) is 42.2 Å². The number of nitro groups is 1. The average molecular weight is 321 g/mol. The molecule has 1 fully saturated rings. The second-order valence-corrected chi connectivity index (χ2v) is 6.43. The summed E-state index contributed by atoms with van der Waals surface area (Å²) in [4.78, 5) is 36.2. The number of nitrogens with zero attached hydrogens (tertiary/aromatic N) is 3. The molecule has 0 radical (unpaired) electrons. The van der Waals surface area contributed by atoms with Crippen molar-refractivity contribution < 1.29 is 9.72 Å². The zero-order valence-corrected chi connectivity index (χ0v) is 13.6. The summed E-state index contributed by atoms with van der Waals surface area (Å²) in [6.45, 7) is 5.62. The van der Waals surface area contributed by atoms with E-state index < -0.39 is 10.5 Å². The van der Waals surface area contributed by atoms with Gasteiger partial charge in [-0.3, -0.25) is 24.3 Å². The third-order valence-electron chi connectivity index (χ3n) is 4.55. The summed E-state index contributed by atoms with van der Waals surface area (Å²) in [5.74, 6) is 1.06. The molecule has 0 spiro atoms. The normalized spacial score (nSPS) is 18.7. The molecule has 0 N–H and O–H groups in total. The van der Waals surface area contributed by atoms with Crippen LogP contribution in [0.1, 0.15) is 33.1 Å². The topological polar surface area (TPSA) is 85.4 Å².